The largest absolute Gasteiger partial charge is 0.497 e. The first-order chi connectivity index (χ1) is 13.6. The normalized spacial score (nSPS) is 13.0. The number of carbonyl (C=O) groups excluding carboxylic acids is 1. The third-order valence-corrected chi connectivity index (χ3v) is 5.76. The molecule has 0 aliphatic rings. The van der Waals surface area contributed by atoms with E-state index in [4.69, 9.17) is 4.74 Å². The number of methoxy groups -OCH3 is 1. The Bertz CT molecular complexity index is 874. The summed E-state index contributed by atoms with van der Waals surface area (Å²) in [5.74, 6) is 0.846. The number of quaternary nitrogens is 1. The topological polar surface area (TPSA) is 54.9 Å². The van der Waals surface area contributed by atoms with Crippen LogP contribution in [0, 0.1) is 6.92 Å². The number of hydrogen-bond acceptors (Lipinski definition) is 3. The molecule has 1 heterocycles. The van der Waals surface area contributed by atoms with E-state index < -0.39 is 0 Å². The molecule has 1 aromatic heterocycles. The van der Waals surface area contributed by atoms with Crippen LogP contribution >= 0.6 is 11.3 Å². The Morgan fingerprint density at radius 1 is 1.11 bits per heavy atom. The number of hydrogen-bond donors (Lipinski definition) is 2. The van der Waals surface area contributed by atoms with E-state index in [0.717, 1.165) is 11.3 Å². The van der Waals surface area contributed by atoms with E-state index in [0.29, 0.717) is 6.54 Å². The van der Waals surface area contributed by atoms with Crippen LogP contribution in [-0.4, -0.2) is 19.1 Å². The average molecular weight is 396 g/mol. The Kier molecular flexibility index (Phi) is 6.85. The Balaban J connectivity index is 1.64. The quantitative estimate of drug-likeness (QED) is 0.614. The first-order valence-corrected chi connectivity index (χ1v) is 10.3. The second kappa shape index (κ2) is 9.53. The smallest absolute Gasteiger partial charge is 0.278 e. The van der Waals surface area contributed by atoms with E-state index in [1.807, 2.05) is 31.2 Å². The summed E-state index contributed by atoms with van der Waals surface area (Å²) in [5, 5.41) is 7.26. The lowest BCUT2D eigenvalue weighted by molar-refractivity contribution is -0.704. The summed E-state index contributed by atoms with van der Waals surface area (Å²) < 4.78 is 5.17. The van der Waals surface area contributed by atoms with Gasteiger partial charge in [0.2, 0.25) is 0 Å². The number of ether oxygens (including phenoxy) is 1. The molecule has 3 N–H and O–H groups in total. The molecule has 3 rings (SSSR count). The molecule has 0 fully saturated rings. The second-order valence-corrected chi connectivity index (χ2v) is 7.93. The van der Waals surface area contributed by atoms with Gasteiger partial charge in [-0.05, 0) is 43.0 Å². The third-order valence-electron chi connectivity index (χ3n) is 4.81. The number of carbonyl (C=O) groups is 1. The number of amides is 1. The van der Waals surface area contributed by atoms with Gasteiger partial charge in [-0.25, -0.2) is 0 Å². The molecule has 0 radical (unpaired) electrons. The van der Waals surface area contributed by atoms with Gasteiger partial charge in [0, 0.05) is 12.1 Å². The van der Waals surface area contributed by atoms with Crippen LogP contribution in [0.1, 0.15) is 34.5 Å². The van der Waals surface area contributed by atoms with Gasteiger partial charge in [0.05, 0.1) is 12.0 Å². The van der Waals surface area contributed by atoms with Crippen LogP contribution in [0.5, 0.6) is 5.75 Å². The van der Waals surface area contributed by atoms with Crippen molar-refractivity contribution < 1.29 is 14.8 Å². The van der Waals surface area contributed by atoms with Gasteiger partial charge in [-0.2, -0.15) is 0 Å². The summed E-state index contributed by atoms with van der Waals surface area (Å²) in [6.45, 7) is 4.55. The van der Waals surface area contributed by atoms with Crippen molar-refractivity contribution >= 4 is 17.2 Å². The van der Waals surface area contributed by atoms with E-state index in [-0.39, 0.29) is 18.0 Å². The second-order valence-electron chi connectivity index (χ2n) is 6.95. The van der Waals surface area contributed by atoms with Crippen LogP contribution in [0.4, 0.5) is 0 Å². The van der Waals surface area contributed by atoms with E-state index in [1.165, 1.54) is 16.0 Å². The predicted molar refractivity (Wildman–Crippen MR) is 114 cm³/mol. The molecular formula is C23H27N2O2S+. The molecule has 1 amide bonds. The Hall–Kier alpha value is -2.63. The number of aryl methyl sites for hydroxylation is 1. The SMILES string of the molecule is COc1ccc(CNC(=O)[C@@H](C)[NH2+][C@H](c2ccc(C)cc2)c2cccs2)cc1. The standard InChI is InChI=1S/C23H26N2O2S/c1-16-6-10-19(11-7-16)22(21-5-4-14-28-21)25-17(2)23(26)24-15-18-8-12-20(27-3)13-9-18/h4-14,17,22,25H,15H2,1-3H3,(H,24,26)/p+1/t17-,22-/m1/s1. The van der Waals surface area contributed by atoms with Gasteiger partial charge in [-0.3, -0.25) is 4.79 Å². The fraction of sp³-hybridized carbons (Fsp3) is 0.261. The van der Waals surface area contributed by atoms with Crippen molar-refractivity contribution in [3.8, 4) is 5.75 Å². The number of nitrogens with one attached hydrogen (secondary N) is 1. The van der Waals surface area contributed by atoms with E-state index in [2.05, 4.69) is 59.3 Å². The zero-order valence-corrected chi connectivity index (χ0v) is 17.3. The van der Waals surface area contributed by atoms with Gasteiger partial charge < -0.3 is 15.4 Å². The minimum Gasteiger partial charge on any atom is -0.497 e. The average Bonchev–Trinajstić information content (AvgIpc) is 3.25. The van der Waals surface area contributed by atoms with Crippen LogP contribution in [0.25, 0.3) is 0 Å². The highest BCUT2D eigenvalue weighted by Crippen LogP contribution is 2.23. The molecule has 2 atom stereocenters. The minimum atomic E-state index is -0.202. The van der Waals surface area contributed by atoms with E-state index in [1.54, 1.807) is 18.4 Å². The van der Waals surface area contributed by atoms with E-state index >= 15 is 0 Å². The van der Waals surface area contributed by atoms with Gasteiger partial charge >= 0.3 is 0 Å². The van der Waals surface area contributed by atoms with Gasteiger partial charge in [-0.15, -0.1) is 11.3 Å². The number of nitrogens with two attached hydrogens (primary N) is 1. The molecule has 0 bridgehead atoms. The van der Waals surface area contributed by atoms with Crippen LogP contribution in [0.15, 0.2) is 66.0 Å². The molecule has 0 aliphatic heterocycles. The molecular weight excluding hydrogens is 368 g/mol. The molecule has 0 saturated carbocycles. The molecule has 0 saturated heterocycles. The van der Waals surface area contributed by atoms with E-state index in [9.17, 15) is 4.79 Å². The summed E-state index contributed by atoms with van der Waals surface area (Å²) in [6, 6.07) is 20.4. The van der Waals surface area contributed by atoms with Crippen molar-refractivity contribution in [3.05, 3.63) is 87.6 Å². The highest BCUT2D eigenvalue weighted by atomic mass is 32.1. The summed E-state index contributed by atoms with van der Waals surface area (Å²) >= 11 is 1.72. The molecule has 0 spiro atoms. The van der Waals surface area contributed by atoms with Crippen molar-refractivity contribution in [3.63, 3.8) is 0 Å². The monoisotopic (exact) mass is 395 g/mol. The summed E-state index contributed by atoms with van der Waals surface area (Å²) in [5.41, 5.74) is 3.50. The van der Waals surface area contributed by atoms with Gasteiger partial charge in [0.1, 0.15) is 11.8 Å². The maximum absolute atomic E-state index is 12.7. The van der Waals surface area contributed by atoms with Crippen LogP contribution in [0.2, 0.25) is 0 Å². The van der Waals surface area contributed by atoms with Crippen LogP contribution in [0.3, 0.4) is 0 Å². The van der Waals surface area contributed by atoms with Crippen molar-refractivity contribution in [2.24, 2.45) is 0 Å². The zero-order valence-electron chi connectivity index (χ0n) is 16.5. The first kappa shape index (κ1) is 20.1. The van der Waals surface area contributed by atoms with Crippen LogP contribution < -0.4 is 15.4 Å². The fourth-order valence-electron chi connectivity index (χ4n) is 3.08. The molecule has 3 aromatic rings. The Morgan fingerprint density at radius 2 is 1.82 bits per heavy atom. The number of rotatable bonds is 8. The Labute approximate surface area is 170 Å². The molecule has 28 heavy (non-hydrogen) atoms. The fourth-order valence-corrected chi connectivity index (χ4v) is 3.91. The summed E-state index contributed by atoms with van der Waals surface area (Å²) in [7, 11) is 1.65. The van der Waals surface area contributed by atoms with Crippen molar-refractivity contribution in [1.29, 1.82) is 0 Å². The summed E-state index contributed by atoms with van der Waals surface area (Å²) in [4.78, 5) is 13.9. The molecule has 4 nitrogen and oxygen atoms in total. The zero-order chi connectivity index (χ0) is 19.9. The van der Waals surface area contributed by atoms with Crippen molar-refractivity contribution in [2.75, 3.05) is 7.11 Å². The highest BCUT2D eigenvalue weighted by Gasteiger charge is 2.25. The van der Waals surface area contributed by atoms with Crippen molar-refractivity contribution in [2.45, 2.75) is 32.5 Å². The van der Waals surface area contributed by atoms with Crippen molar-refractivity contribution in [1.82, 2.24) is 5.32 Å². The minimum absolute atomic E-state index is 0.0319. The van der Waals surface area contributed by atoms with Gasteiger partial charge in [-0.1, -0.05) is 48.0 Å². The first-order valence-electron chi connectivity index (χ1n) is 9.42. The highest BCUT2D eigenvalue weighted by molar-refractivity contribution is 7.10. The third kappa shape index (κ3) is 5.21. The van der Waals surface area contributed by atoms with Crippen LogP contribution in [-0.2, 0) is 11.3 Å². The molecule has 146 valence electrons. The van der Waals surface area contributed by atoms with Gasteiger partial charge in [0.25, 0.3) is 5.91 Å². The van der Waals surface area contributed by atoms with Gasteiger partial charge in [0.15, 0.2) is 6.04 Å². The maximum atomic E-state index is 12.7. The molecule has 5 heteroatoms. The number of benzene rings is 2. The number of thiophene rings is 1. The lowest BCUT2D eigenvalue weighted by atomic mass is 10.0. The molecule has 0 unspecified atom stereocenters. The lowest BCUT2D eigenvalue weighted by Crippen LogP contribution is -2.92. The predicted octanol–water partition coefficient (Wildman–Crippen LogP) is 3.42. The molecule has 2 aromatic carbocycles. The Morgan fingerprint density at radius 3 is 2.43 bits per heavy atom. The lowest BCUT2D eigenvalue weighted by Gasteiger charge is -2.19. The maximum Gasteiger partial charge on any atom is 0.278 e. The molecule has 0 aliphatic carbocycles. The summed E-state index contributed by atoms with van der Waals surface area (Å²) in [6.07, 6.45) is 0.